The fourth-order valence-corrected chi connectivity index (χ4v) is 4.75. The van der Waals surface area contributed by atoms with Crippen LogP contribution in [0.15, 0.2) is 53.9 Å². The van der Waals surface area contributed by atoms with Crippen LogP contribution in [0, 0.1) is 5.82 Å². The van der Waals surface area contributed by atoms with E-state index in [1.54, 1.807) is 45.8 Å². The van der Waals surface area contributed by atoms with E-state index in [1.807, 2.05) is 5.38 Å². The molecular weight excluding hydrogens is 471 g/mol. The van der Waals surface area contributed by atoms with Crippen molar-refractivity contribution in [1.29, 1.82) is 0 Å². The van der Waals surface area contributed by atoms with Gasteiger partial charge in [0.25, 0.3) is 0 Å². The maximum Gasteiger partial charge on any atom is 0.313 e. The quantitative estimate of drug-likeness (QED) is 0.402. The van der Waals surface area contributed by atoms with Crippen LogP contribution in [0.3, 0.4) is 0 Å². The molecular formula is C24H21FN6O3S. The van der Waals surface area contributed by atoms with Gasteiger partial charge in [-0.25, -0.2) is 8.91 Å². The average Bonchev–Trinajstić information content (AvgIpc) is 3.56. The van der Waals surface area contributed by atoms with E-state index in [4.69, 9.17) is 0 Å². The normalized spacial score (nSPS) is 13.4. The summed E-state index contributed by atoms with van der Waals surface area (Å²) in [4.78, 5) is 43.3. The van der Waals surface area contributed by atoms with Gasteiger partial charge in [-0.05, 0) is 36.8 Å². The smallest absolute Gasteiger partial charge is 0.313 e. The lowest BCUT2D eigenvalue weighted by Gasteiger charge is -2.16. The minimum absolute atomic E-state index is 0.0455. The van der Waals surface area contributed by atoms with Crippen molar-refractivity contribution in [2.24, 2.45) is 0 Å². The number of halogens is 1. The van der Waals surface area contributed by atoms with Crippen LogP contribution in [0.5, 0.6) is 0 Å². The molecule has 1 saturated heterocycles. The Hall–Kier alpha value is -4.12. The third-order valence-corrected chi connectivity index (χ3v) is 6.46. The predicted molar refractivity (Wildman–Crippen MR) is 130 cm³/mol. The van der Waals surface area contributed by atoms with Gasteiger partial charge in [-0.3, -0.25) is 14.4 Å². The zero-order chi connectivity index (χ0) is 24.4. The van der Waals surface area contributed by atoms with Crippen LogP contribution in [-0.2, 0) is 20.8 Å². The third-order valence-electron chi connectivity index (χ3n) is 5.59. The second kappa shape index (κ2) is 9.63. The van der Waals surface area contributed by atoms with Gasteiger partial charge in [0.2, 0.25) is 10.9 Å². The minimum atomic E-state index is -0.792. The summed E-state index contributed by atoms with van der Waals surface area (Å²) in [6, 6.07) is 12.9. The van der Waals surface area contributed by atoms with E-state index in [2.05, 4.69) is 20.7 Å². The van der Waals surface area contributed by atoms with Crippen LogP contribution in [-0.4, -0.2) is 45.4 Å². The Kier molecular flexibility index (Phi) is 6.23. The molecule has 178 valence electrons. The summed E-state index contributed by atoms with van der Waals surface area (Å²) >= 11 is 1.39. The second-order valence-electron chi connectivity index (χ2n) is 8.03. The van der Waals surface area contributed by atoms with E-state index in [1.165, 1.54) is 23.5 Å². The fourth-order valence-electron chi connectivity index (χ4n) is 3.89. The summed E-state index contributed by atoms with van der Waals surface area (Å²) in [6.45, 7) is 0.859. The van der Waals surface area contributed by atoms with E-state index in [9.17, 15) is 18.8 Å². The number of anilines is 2. The van der Waals surface area contributed by atoms with Gasteiger partial charge in [-0.15, -0.1) is 16.4 Å². The first kappa shape index (κ1) is 22.7. The molecule has 3 heterocycles. The molecule has 5 rings (SSSR count). The number of rotatable bonds is 6. The van der Waals surface area contributed by atoms with Crippen molar-refractivity contribution < 1.29 is 18.8 Å². The molecule has 2 aromatic heterocycles. The van der Waals surface area contributed by atoms with Gasteiger partial charge >= 0.3 is 11.8 Å². The van der Waals surface area contributed by atoms with Gasteiger partial charge in [0.15, 0.2) is 5.82 Å². The third kappa shape index (κ3) is 4.90. The standard InChI is InChI=1S/C24H21FN6O3S/c25-16-5-1-4-15(12-16)21-28-24-31(29-21)19(14-35-24)9-10-26-22(33)23(34)27-17-6-2-7-18(13-17)30-11-3-8-20(30)32/h1-2,4-7,12-14H,3,8-11H2,(H,26,33)(H,27,34). The molecule has 4 aromatic rings. The van der Waals surface area contributed by atoms with Gasteiger partial charge in [0, 0.05) is 48.2 Å². The van der Waals surface area contributed by atoms with Crippen molar-refractivity contribution in [1.82, 2.24) is 19.9 Å². The maximum absolute atomic E-state index is 13.5. The first-order valence-corrected chi connectivity index (χ1v) is 11.9. The van der Waals surface area contributed by atoms with Crippen molar-refractivity contribution in [3.8, 4) is 11.4 Å². The Morgan fingerprint density at radius 1 is 1.11 bits per heavy atom. The molecule has 1 aliphatic heterocycles. The number of hydrogen-bond donors (Lipinski definition) is 2. The van der Waals surface area contributed by atoms with Gasteiger partial charge in [-0.1, -0.05) is 18.2 Å². The lowest BCUT2D eigenvalue weighted by Crippen LogP contribution is -2.36. The van der Waals surface area contributed by atoms with Crippen LogP contribution in [0.25, 0.3) is 16.3 Å². The fraction of sp³-hybridized carbons (Fsp3) is 0.208. The topological polar surface area (TPSA) is 109 Å². The molecule has 0 saturated carbocycles. The molecule has 0 aliphatic carbocycles. The molecule has 1 aliphatic rings. The molecule has 0 spiro atoms. The Morgan fingerprint density at radius 2 is 1.97 bits per heavy atom. The lowest BCUT2D eigenvalue weighted by atomic mass is 10.2. The number of amides is 3. The van der Waals surface area contributed by atoms with Gasteiger partial charge < -0.3 is 15.5 Å². The average molecular weight is 493 g/mol. The summed E-state index contributed by atoms with van der Waals surface area (Å²) in [5, 5.41) is 11.5. The summed E-state index contributed by atoms with van der Waals surface area (Å²) in [7, 11) is 0. The molecule has 0 radical (unpaired) electrons. The molecule has 3 amide bonds. The highest BCUT2D eigenvalue weighted by atomic mass is 32.1. The van der Waals surface area contributed by atoms with E-state index in [-0.39, 0.29) is 18.3 Å². The molecule has 2 aromatic carbocycles. The predicted octanol–water partition coefficient (Wildman–Crippen LogP) is 3.02. The minimum Gasteiger partial charge on any atom is -0.347 e. The molecule has 35 heavy (non-hydrogen) atoms. The Balaban J connectivity index is 1.17. The highest BCUT2D eigenvalue weighted by molar-refractivity contribution is 7.15. The summed E-state index contributed by atoms with van der Waals surface area (Å²) in [5.41, 5.74) is 2.52. The highest BCUT2D eigenvalue weighted by Gasteiger charge is 2.22. The SMILES string of the molecule is O=C(NCCc1csc2nc(-c3cccc(F)c3)nn12)C(=O)Nc1cccc(N2CCCC2=O)c1. The number of aromatic nitrogens is 3. The van der Waals surface area contributed by atoms with Gasteiger partial charge in [0.05, 0.1) is 5.69 Å². The van der Waals surface area contributed by atoms with Crippen LogP contribution in [0.1, 0.15) is 18.5 Å². The van der Waals surface area contributed by atoms with Gasteiger partial charge in [0.1, 0.15) is 5.82 Å². The van der Waals surface area contributed by atoms with E-state index >= 15 is 0 Å². The van der Waals surface area contributed by atoms with Gasteiger partial charge in [-0.2, -0.15) is 4.98 Å². The Bertz CT molecular complexity index is 1430. The maximum atomic E-state index is 13.5. The molecule has 2 N–H and O–H groups in total. The molecule has 0 unspecified atom stereocenters. The number of thiazole rings is 1. The molecule has 1 fully saturated rings. The highest BCUT2D eigenvalue weighted by Crippen LogP contribution is 2.24. The number of hydrogen-bond acceptors (Lipinski definition) is 6. The lowest BCUT2D eigenvalue weighted by molar-refractivity contribution is -0.136. The van der Waals surface area contributed by atoms with E-state index in [0.717, 1.165) is 12.1 Å². The van der Waals surface area contributed by atoms with Crippen molar-refractivity contribution in [3.63, 3.8) is 0 Å². The van der Waals surface area contributed by atoms with Crippen LogP contribution < -0.4 is 15.5 Å². The van der Waals surface area contributed by atoms with E-state index < -0.39 is 11.8 Å². The first-order chi connectivity index (χ1) is 17.0. The molecule has 0 atom stereocenters. The second-order valence-corrected chi connectivity index (χ2v) is 8.86. The Morgan fingerprint density at radius 3 is 2.77 bits per heavy atom. The van der Waals surface area contributed by atoms with Crippen LogP contribution in [0.4, 0.5) is 15.8 Å². The van der Waals surface area contributed by atoms with Crippen molar-refractivity contribution in [2.45, 2.75) is 19.3 Å². The van der Waals surface area contributed by atoms with E-state index in [0.29, 0.717) is 47.1 Å². The number of carbonyl (C=O) groups excluding carboxylic acids is 3. The Labute approximate surface area is 203 Å². The van der Waals surface area contributed by atoms with Crippen molar-refractivity contribution >= 4 is 45.4 Å². The molecule has 11 heteroatoms. The zero-order valence-corrected chi connectivity index (χ0v) is 19.3. The number of fused-ring (bicyclic) bond motifs is 1. The monoisotopic (exact) mass is 492 g/mol. The summed E-state index contributed by atoms with van der Waals surface area (Å²) < 4.78 is 15.2. The number of benzene rings is 2. The van der Waals surface area contributed by atoms with Crippen LogP contribution in [0.2, 0.25) is 0 Å². The summed E-state index contributed by atoms with van der Waals surface area (Å²) in [6.07, 6.45) is 1.74. The number of nitrogens with one attached hydrogen (secondary N) is 2. The molecule has 9 nitrogen and oxygen atoms in total. The zero-order valence-electron chi connectivity index (χ0n) is 18.5. The molecule has 0 bridgehead atoms. The number of nitrogens with zero attached hydrogens (tertiary/aromatic N) is 4. The van der Waals surface area contributed by atoms with Crippen molar-refractivity contribution in [3.05, 3.63) is 65.4 Å². The summed E-state index contributed by atoms with van der Waals surface area (Å²) in [5.74, 6) is -1.46. The van der Waals surface area contributed by atoms with Crippen LogP contribution >= 0.6 is 11.3 Å². The first-order valence-electron chi connectivity index (χ1n) is 11.1. The number of carbonyl (C=O) groups is 3. The largest absolute Gasteiger partial charge is 0.347 e. The van der Waals surface area contributed by atoms with Crippen molar-refractivity contribution in [2.75, 3.05) is 23.3 Å².